The van der Waals surface area contributed by atoms with Crippen molar-refractivity contribution in [1.29, 1.82) is 0 Å². The van der Waals surface area contributed by atoms with Gasteiger partial charge in [-0.3, -0.25) is 0 Å². The van der Waals surface area contributed by atoms with Gasteiger partial charge in [-0.2, -0.15) is 13.2 Å². The Morgan fingerprint density at radius 2 is 1.56 bits per heavy atom. The second kappa shape index (κ2) is 6.17. The van der Waals surface area contributed by atoms with E-state index in [0.717, 1.165) is 5.56 Å². The van der Waals surface area contributed by atoms with Crippen LogP contribution in [0.5, 0.6) is 0 Å². The molecule has 0 radical (unpaired) electrons. The van der Waals surface area contributed by atoms with Crippen LogP contribution in [0.2, 0.25) is 0 Å². The minimum Gasteiger partial charge on any atom is -0.390 e. The molecule has 0 saturated heterocycles. The molecule has 1 rings (SSSR count). The van der Waals surface area contributed by atoms with Crippen molar-refractivity contribution in [3.8, 4) is 0 Å². The van der Waals surface area contributed by atoms with Gasteiger partial charge in [0.05, 0.1) is 6.10 Å². The molecule has 1 aromatic rings. The van der Waals surface area contributed by atoms with Crippen LogP contribution in [-0.2, 0) is 6.42 Å². The van der Waals surface area contributed by atoms with E-state index in [-0.39, 0.29) is 6.42 Å². The van der Waals surface area contributed by atoms with Crippen molar-refractivity contribution >= 4 is 0 Å². The van der Waals surface area contributed by atoms with Crippen LogP contribution in [0.25, 0.3) is 0 Å². The normalized spacial score (nSPS) is 17.2. The quantitative estimate of drug-likeness (QED) is 0.750. The molecule has 18 heavy (non-hydrogen) atoms. The Kier molecular flexibility index (Phi) is 5.13. The number of aliphatic hydroxyl groups is 3. The molecule has 3 atom stereocenters. The molecule has 0 aliphatic rings. The van der Waals surface area contributed by atoms with Crippen molar-refractivity contribution in [1.82, 2.24) is 0 Å². The van der Waals surface area contributed by atoms with E-state index >= 15 is 0 Å². The molecule has 0 heterocycles. The number of aryl methyl sites for hydroxylation is 1. The molecule has 0 amide bonds. The van der Waals surface area contributed by atoms with Gasteiger partial charge in [0.2, 0.25) is 0 Å². The third-order valence-corrected chi connectivity index (χ3v) is 2.62. The van der Waals surface area contributed by atoms with Gasteiger partial charge < -0.3 is 15.3 Å². The summed E-state index contributed by atoms with van der Waals surface area (Å²) in [6, 6.07) is 8.85. The third kappa shape index (κ3) is 4.29. The van der Waals surface area contributed by atoms with Crippen LogP contribution in [0.15, 0.2) is 30.3 Å². The van der Waals surface area contributed by atoms with E-state index < -0.39 is 24.5 Å². The Balaban J connectivity index is 2.48. The summed E-state index contributed by atoms with van der Waals surface area (Å²) >= 11 is 0. The number of halogens is 3. The highest BCUT2D eigenvalue weighted by Crippen LogP contribution is 2.24. The summed E-state index contributed by atoms with van der Waals surface area (Å²) in [4.78, 5) is 0. The number of benzene rings is 1. The monoisotopic (exact) mass is 264 g/mol. The smallest absolute Gasteiger partial charge is 0.390 e. The van der Waals surface area contributed by atoms with Crippen LogP contribution in [0, 0.1) is 0 Å². The third-order valence-electron chi connectivity index (χ3n) is 2.62. The minimum atomic E-state index is -4.94. The van der Waals surface area contributed by atoms with Crippen LogP contribution in [-0.4, -0.2) is 39.8 Å². The standard InChI is InChI=1S/C12H15F3O3/c13-12(14,15)11(18)10(17)9(16)7-6-8-4-2-1-3-5-8/h1-5,9-11,16-18H,6-7H2/t9-,10+,11-/m0/s1. The molecule has 0 unspecified atom stereocenters. The van der Waals surface area contributed by atoms with Crippen molar-refractivity contribution in [2.45, 2.75) is 37.3 Å². The molecule has 1 aromatic carbocycles. The van der Waals surface area contributed by atoms with Crippen LogP contribution < -0.4 is 0 Å². The SMILES string of the molecule is O[C@H]([C@@H](O)CCc1ccccc1)[C@H](O)C(F)(F)F. The van der Waals surface area contributed by atoms with Gasteiger partial charge in [0.25, 0.3) is 0 Å². The van der Waals surface area contributed by atoms with E-state index in [1.165, 1.54) is 0 Å². The maximum absolute atomic E-state index is 12.1. The highest BCUT2D eigenvalue weighted by molar-refractivity contribution is 5.14. The van der Waals surface area contributed by atoms with Crippen LogP contribution in [0.4, 0.5) is 13.2 Å². The van der Waals surface area contributed by atoms with Crippen LogP contribution >= 0.6 is 0 Å². The maximum atomic E-state index is 12.1. The van der Waals surface area contributed by atoms with Crippen molar-refractivity contribution in [3.63, 3.8) is 0 Å². The van der Waals surface area contributed by atoms with Crippen LogP contribution in [0.3, 0.4) is 0 Å². The molecule has 3 N–H and O–H groups in total. The molecule has 0 saturated carbocycles. The largest absolute Gasteiger partial charge is 0.417 e. The number of hydrogen-bond acceptors (Lipinski definition) is 3. The van der Waals surface area contributed by atoms with E-state index in [1.54, 1.807) is 30.3 Å². The predicted molar refractivity (Wildman–Crippen MR) is 58.8 cm³/mol. The predicted octanol–water partition coefficient (Wildman–Crippen LogP) is 1.26. The maximum Gasteiger partial charge on any atom is 0.417 e. The second-order valence-electron chi connectivity index (χ2n) is 4.07. The number of hydrogen-bond donors (Lipinski definition) is 3. The highest BCUT2D eigenvalue weighted by Gasteiger charge is 2.45. The number of rotatable bonds is 5. The summed E-state index contributed by atoms with van der Waals surface area (Å²) in [6.07, 6.45) is -11.5. The lowest BCUT2D eigenvalue weighted by Crippen LogP contribution is -2.46. The zero-order chi connectivity index (χ0) is 13.8. The van der Waals surface area contributed by atoms with Gasteiger partial charge in [-0.25, -0.2) is 0 Å². The van der Waals surface area contributed by atoms with Gasteiger partial charge in [0.1, 0.15) is 6.10 Å². The first-order chi connectivity index (χ1) is 8.32. The summed E-state index contributed by atoms with van der Waals surface area (Å²) in [6.45, 7) is 0. The van der Waals surface area contributed by atoms with E-state index in [4.69, 9.17) is 5.11 Å². The van der Waals surface area contributed by atoms with Crippen molar-refractivity contribution in [2.75, 3.05) is 0 Å². The summed E-state index contributed by atoms with van der Waals surface area (Å²) in [7, 11) is 0. The molecular formula is C12H15F3O3. The van der Waals surface area contributed by atoms with E-state index in [1.807, 2.05) is 0 Å². The molecule has 0 spiro atoms. The van der Waals surface area contributed by atoms with Crippen LogP contribution in [0.1, 0.15) is 12.0 Å². The Labute approximate surface area is 103 Å². The summed E-state index contributed by atoms with van der Waals surface area (Å²) in [5.41, 5.74) is 0.838. The summed E-state index contributed by atoms with van der Waals surface area (Å²) in [5.74, 6) is 0. The fourth-order valence-corrected chi connectivity index (χ4v) is 1.53. The lowest BCUT2D eigenvalue weighted by molar-refractivity contribution is -0.241. The topological polar surface area (TPSA) is 60.7 Å². The molecule has 6 heteroatoms. The second-order valence-corrected chi connectivity index (χ2v) is 4.07. The van der Waals surface area contributed by atoms with E-state index in [0.29, 0.717) is 6.42 Å². The zero-order valence-corrected chi connectivity index (χ0v) is 9.51. The average Bonchev–Trinajstić information content (AvgIpc) is 2.34. The molecule has 0 aliphatic heterocycles. The number of alkyl halides is 3. The Hall–Kier alpha value is -1.11. The van der Waals surface area contributed by atoms with E-state index in [2.05, 4.69) is 0 Å². The summed E-state index contributed by atoms with van der Waals surface area (Å²) in [5, 5.41) is 27.4. The molecule has 102 valence electrons. The Bertz CT molecular complexity index is 353. The van der Waals surface area contributed by atoms with Gasteiger partial charge in [-0.05, 0) is 18.4 Å². The molecular weight excluding hydrogens is 249 g/mol. The first-order valence-electron chi connectivity index (χ1n) is 5.47. The fraction of sp³-hybridized carbons (Fsp3) is 0.500. The molecule has 3 nitrogen and oxygen atoms in total. The zero-order valence-electron chi connectivity index (χ0n) is 9.51. The molecule has 0 bridgehead atoms. The molecule has 0 aliphatic carbocycles. The van der Waals surface area contributed by atoms with E-state index in [9.17, 15) is 23.4 Å². The van der Waals surface area contributed by atoms with Gasteiger partial charge in [-0.15, -0.1) is 0 Å². The van der Waals surface area contributed by atoms with Gasteiger partial charge in [0.15, 0.2) is 6.10 Å². The molecule has 0 aromatic heterocycles. The first-order valence-corrected chi connectivity index (χ1v) is 5.47. The van der Waals surface area contributed by atoms with Crippen molar-refractivity contribution in [2.24, 2.45) is 0 Å². The lowest BCUT2D eigenvalue weighted by Gasteiger charge is -2.24. The minimum absolute atomic E-state index is 0.0572. The van der Waals surface area contributed by atoms with Crippen molar-refractivity contribution in [3.05, 3.63) is 35.9 Å². The Morgan fingerprint density at radius 1 is 1.00 bits per heavy atom. The Morgan fingerprint density at radius 3 is 2.06 bits per heavy atom. The van der Waals surface area contributed by atoms with Crippen molar-refractivity contribution < 1.29 is 28.5 Å². The lowest BCUT2D eigenvalue weighted by atomic mass is 10.0. The van der Waals surface area contributed by atoms with Gasteiger partial charge in [-0.1, -0.05) is 30.3 Å². The summed E-state index contributed by atoms with van der Waals surface area (Å²) < 4.78 is 36.3. The fourth-order valence-electron chi connectivity index (χ4n) is 1.53. The number of aliphatic hydroxyl groups excluding tert-OH is 3. The first kappa shape index (κ1) is 14.9. The highest BCUT2D eigenvalue weighted by atomic mass is 19.4. The molecule has 0 fully saturated rings. The average molecular weight is 264 g/mol. The van der Waals surface area contributed by atoms with Gasteiger partial charge >= 0.3 is 6.18 Å². The van der Waals surface area contributed by atoms with Gasteiger partial charge in [0, 0.05) is 0 Å².